The molecule has 0 radical (unpaired) electrons. The van der Waals surface area contributed by atoms with E-state index in [1.54, 1.807) is 12.1 Å². The first-order valence-electron chi connectivity index (χ1n) is 6.44. The molecule has 96 valence electrons. The molecule has 2 N–H and O–H groups in total. The number of benzene rings is 1. The Hall–Kier alpha value is -1.73. The van der Waals surface area contributed by atoms with E-state index in [1.165, 1.54) is 32.4 Å². The molecule has 1 aliphatic rings. The van der Waals surface area contributed by atoms with Gasteiger partial charge in [-0.05, 0) is 44.1 Å². The van der Waals surface area contributed by atoms with E-state index in [1.807, 2.05) is 6.07 Å². The van der Waals surface area contributed by atoms with E-state index >= 15 is 0 Å². The van der Waals surface area contributed by atoms with Gasteiger partial charge < -0.3 is 10.5 Å². The van der Waals surface area contributed by atoms with Crippen LogP contribution in [0, 0.1) is 11.3 Å². The Bertz CT molecular complexity index is 433. The first-order chi connectivity index (χ1) is 8.79. The maximum Gasteiger partial charge on any atom is 0.120 e. The molecule has 4 heteroatoms. The van der Waals surface area contributed by atoms with Gasteiger partial charge in [0.2, 0.25) is 0 Å². The standard InChI is InChI=1S/C14H19N3O/c15-11-12-10-13(4-5-14(12)16)18-9-8-17-6-2-1-3-7-17/h4-5,10H,1-3,6-9,16H2. The van der Waals surface area contributed by atoms with Crippen LogP contribution >= 0.6 is 0 Å². The lowest BCUT2D eigenvalue weighted by Gasteiger charge is -2.26. The van der Waals surface area contributed by atoms with Crippen molar-refractivity contribution in [1.29, 1.82) is 5.26 Å². The number of nitrogens with two attached hydrogens (primary N) is 1. The van der Waals surface area contributed by atoms with E-state index in [9.17, 15) is 0 Å². The summed E-state index contributed by atoms with van der Waals surface area (Å²) in [6, 6.07) is 7.29. The van der Waals surface area contributed by atoms with Crippen LogP contribution in [0.1, 0.15) is 24.8 Å². The highest BCUT2D eigenvalue weighted by Gasteiger charge is 2.09. The van der Waals surface area contributed by atoms with Gasteiger partial charge in [-0.2, -0.15) is 5.26 Å². The van der Waals surface area contributed by atoms with Crippen molar-refractivity contribution < 1.29 is 4.74 Å². The molecule has 0 unspecified atom stereocenters. The van der Waals surface area contributed by atoms with Crippen molar-refractivity contribution in [3.8, 4) is 11.8 Å². The topological polar surface area (TPSA) is 62.3 Å². The normalized spacial score (nSPS) is 16.2. The van der Waals surface area contributed by atoms with Crippen molar-refractivity contribution in [2.24, 2.45) is 0 Å². The van der Waals surface area contributed by atoms with Crippen LogP contribution in [0.3, 0.4) is 0 Å². The summed E-state index contributed by atoms with van der Waals surface area (Å²) in [6.07, 6.45) is 3.93. The maximum absolute atomic E-state index is 8.88. The van der Waals surface area contributed by atoms with Crippen LogP contribution in [0.15, 0.2) is 18.2 Å². The molecule has 1 fully saturated rings. The van der Waals surface area contributed by atoms with Crippen LogP contribution in [-0.2, 0) is 0 Å². The number of anilines is 1. The second-order valence-corrected chi connectivity index (χ2v) is 4.61. The van der Waals surface area contributed by atoms with Crippen LogP contribution in [-0.4, -0.2) is 31.1 Å². The molecule has 0 aromatic heterocycles. The minimum atomic E-state index is 0.477. The highest BCUT2D eigenvalue weighted by Crippen LogP contribution is 2.18. The van der Waals surface area contributed by atoms with Gasteiger partial charge in [-0.15, -0.1) is 0 Å². The molecule has 0 aliphatic carbocycles. The summed E-state index contributed by atoms with van der Waals surface area (Å²) >= 11 is 0. The lowest BCUT2D eigenvalue weighted by molar-refractivity contribution is 0.183. The second-order valence-electron chi connectivity index (χ2n) is 4.61. The average Bonchev–Trinajstić information content (AvgIpc) is 2.42. The lowest BCUT2D eigenvalue weighted by Crippen LogP contribution is -2.33. The molecule has 4 nitrogen and oxygen atoms in total. The Balaban J connectivity index is 1.81. The largest absolute Gasteiger partial charge is 0.492 e. The molecular formula is C14H19N3O. The fraction of sp³-hybridized carbons (Fsp3) is 0.500. The maximum atomic E-state index is 8.88. The molecular weight excluding hydrogens is 226 g/mol. The second kappa shape index (κ2) is 6.27. The Morgan fingerprint density at radius 3 is 2.78 bits per heavy atom. The molecule has 18 heavy (non-hydrogen) atoms. The van der Waals surface area contributed by atoms with E-state index in [-0.39, 0.29) is 0 Å². The zero-order valence-electron chi connectivity index (χ0n) is 10.6. The number of hydrogen-bond acceptors (Lipinski definition) is 4. The molecule has 0 spiro atoms. The van der Waals surface area contributed by atoms with Gasteiger partial charge in [0.05, 0.1) is 5.56 Å². The molecule has 0 amide bonds. The Morgan fingerprint density at radius 1 is 1.28 bits per heavy atom. The number of rotatable bonds is 4. The zero-order valence-corrected chi connectivity index (χ0v) is 10.6. The molecule has 1 aromatic rings. The van der Waals surface area contributed by atoms with Gasteiger partial charge in [0.1, 0.15) is 18.4 Å². The fourth-order valence-corrected chi connectivity index (χ4v) is 2.20. The minimum Gasteiger partial charge on any atom is -0.492 e. The number of ether oxygens (including phenoxy) is 1. The third-order valence-corrected chi connectivity index (χ3v) is 3.27. The van der Waals surface area contributed by atoms with Crippen LogP contribution in [0.2, 0.25) is 0 Å². The van der Waals surface area contributed by atoms with Crippen molar-refractivity contribution in [2.45, 2.75) is 19.3 Å². The fourth-order valence-electron chi connectivity index (χ4n) is 2.20. The molecule has 1 aliphatic heterocycles. The Morgan fingerprint density at radius 2 is 2.06 bits per heavy atom. The first kappa shape index (κ1) is 12.7. The SMILES string of the molecule is N#Cc1cc(OCCN2CCCCC2)ccc1N. The van der Waals surface area contributed by atoms with Gasteiger partial charge in [-0.25, -0.2) is 0 Å². The third-order valence-electron chi connectivity index (χ3n) is 3.27. The van der Waals surface area contributed by atoms with E-state index in [0.717, 1.165) is 12.3 Å². The monoisotopic (exact) mass is 245 g/mol. The van der Waals surface area contributed by atoms with Crippen molar-refractivity contribution >= 4 is 5.69 Å². The quantitative estimate of drug-likeness (QED) is 0.824. The lowest BCUT2D eigenvalue weighted by atomic mass is 10.1. The predicted molar refractivity (Wildman–Crippen MR) is 71.4 cm³/mol. The molecule has 1 heterocycles. The van der Waals surface area contributed by atoms with Gasteiger partial charge in [-0.1, -0.05) is 6.42 Å². The molecule has 0 atom stereocenters. The van der Waals surface area contributed by atoms with Crippen LogP contribution in [0.5, 0.6) is 5.75 Å². The van der Waals surface area contributed by atoms with E-state index < -0.39 is 0 Å². The Kier molecular flexibility index (Phi) is 4.43. The summed E-state index contributed by atoms with van der Waals surface area (Å²) in [5.74, 6) is 0.720. The molecule has 2 rings (SSSR count). The predicted octanol–water partition coefficient (Wildman–Crippen LogP) is 2.01. The van der Waals surface area contributed by atoms with Crippen molar-refractivity contribution in [3.63, 3.8) is 0 Å². The molecule has 1 aromatic carbocycles. The number of nitrogen functional groups attached to an aromatic ring is 1. The van der Waals surface area contributed by atoms with Gasteiger partial charge in [0, 0.05) is 12.2 Å². The van der Waals surface area contributed by atoms with E-state index in [4.69, 9.17) is 15.7 Å². The summed E-state index contributed by atoms with van der Waals surface area (Å²) in [5, 5.41) is 8.88. The number of nitriles is 1. The number of likely N-dealkylation sites (tertiary alicyclic amines) is 1. The van der Waals surface area contributed by atoms with Gasteiger partial charge in [-0.3, -0.25) is 4.90 Å². The van der Waals surface area contributed by atoms with E-state index in [2.05, 4.69) is 11.0 Å². The summed E-state index contributed by atoms with van der Waals surface area (Å²) in [6.45, 7) is 3.96. The minimum absolute atomic E-state index is 0.477. The Labute approximate surface area is 108 Å². The third kappa shape index (κ3) is 3.38. The average molecular weight is 245 g/mol. The molecule has 1 saturated heterocycles. The van der Waals surface area contributed by atoms with Gasteiger partial charge in [0.25, 0.3) is 0 Å². The highest BCUT2D eigenvalue weighted by molar-refractivity contribution is 5.56. The number of nitrogens with zero attached hydrogens (tertiary/aromatic N) is 2. The van der Waals surface area contributed by atoms with E-state index in [0.29, 0.717) is 17.9 Å². The molecule has 0 bridgehead atoms. The van der Waals surface area contributed by atoms with Crippen molar-refractivity contribution in [3.05, 3.63) is 23.8 Å². The first-order valence-corrected chi connectivity index (χ1v) is 6.44. The van der Waals surface area contributed by atoms with Crippen LogP contribution in [0.25, 0.3) is 0 Å². The van der Waals surface area contributed by atoms with Crippen LogP contribution in [0.4, 0.5) is 5.69 Å². The van der Waals surface area contributed by atoms with Crippen molar-refractivity contribution in [1.82, 2.24) is 4.90 Å². The summed E-state index contributed by atoms with van der Waals surface area (Å²) < 4.78 is 5.66. The van der Waals surface area contributed by atoms with Gasteiger partial charge >= 0.3 is 0 Å². The van der Waals surface area contributed by atoms with Crippen molar-refractivity contribution in [2.75, 3.05) is 32.0 Å². The van der Waals surface area contributed by atoms with Crippen LogP contribution < -0.4 is 10.5 Å². The molecule has 0 saturated carbocycles. The zero-order chi connectivity index (χ0) is 12.8. The highest BCUT2D eigenvalue weighted by atomic mass is 16.5. The smallest absolute Gasteiger partial charge is 0.120 e. The van der Waals surface area contributed by atoms with Gasteiger partial charge in [0.15, 0.2) is 0 Å². The number of hydrogen-bond donors (Lipinski definition) is 1. The summed E-state index contributed by atoms with van der Waals surface area (Å²) in [5.41, 5.74) is 6.64. The summed E-state index contributed by atoms with van der Waals surface area (Å²) in [4.78, 5) is 2.42. The number of piperidine rings is 1. The summed E-state index contributed by atoms with van der Waals surface area (Å²) in [7, 11) is 0.